The van der Waals surface area contributed by atoms with E-state index in [-0.39, 0.29) is 23.3 Å². The van der Waals surface area contributed by atoms with Crippen LogP contribution in [0.15, 0.2) is 12.3 Å². The minimum Gasteiger partial charge on any atom is -0.351 e. The third-order valence-corrected chi connectivity index (χ3v) is 3.25. The lowest BCUT2D eigenvalue weighted by Crippen LogP contribution is -2.36. The molecule has 0 aliphatic rings. The monoisotopic (exact) mass is 289 g/mol. The largest absolute Gasteiger partial charge is 0.351 e. The molecule has 0 aliphatic carbocycles. The molecule has 1 unspecified atom stereocenters. The normalized spacial score (nSPS) is 12.2. The predicted octanol–water partition coefficient (Wildman–Crippen LogP) is 1.78. The number of carbonyl (C=O) groups excluding carboxylic acids is 1. The summed E-state index contributed by atoms with van der Waals surface area (Å²) in [5, 5.41) is 11.1. The van der Waals surface area contributed by atoms with Gasteiger partial charge in [-0.3, -0.25) is 14.9 Å². The van der Waals surface area contributed by atoms with E-state index in [2.05, 4.69) is 20.9 Å². The van der Waals surface area contributed by atoms with Crippen molar-refractivity contribution in [2.75, 3.05) is 12.4 Å². The van der Waals surface area contributed by atoms with Crippen LogP contribution in [-0.4, -0.2) is 39.1 Å². The maximum absolute atomic E-state index is 11.8. The van der Waals surface area contributed by atoms with Gasteiger partial charge in [0.25, 0.3) is 11.6 Å². The summed E-state index contributed by atoms with van der Waals surface area (Å²) >= 11 is 3.27. The molecule has 1 heterocycles. The van der Waals surface area contributed by atoms with Crippen LogP contribution < -0.4 is 0 Å². The zero-order valence-electron chi connectivity index (χ0n) is 8.94. The van der Waals surface area contributed by atoms with Gasteiger partial charge in [0.05, 0.1) is 11.1 Å². The molecule has 0 fully saturated rings. The second kappa shape index (κ2) is 5.11. The van der Waals surface area contributed by atoms with E-state index in [9.17, 15) is 14.9 Å². The van der Waals surface area contributed by atoms with Crippen LogP contribution >= 0.6 is 15.9 Å². The van der Waals surface area contributed by atoms with E-state index in [1.807, 2.05) is 6.92 Å². The zero-order valence-corrected chi connectivity index (χ0v) is 10.5. The van der Waals surface area contributed by atoms with Crippen molar-refractivity contribution >= 4 is 27.5 Å². The Morgan fingerprint density at radius 3 is 2.81 bits per heavy atom. The summed E-state index contributed by atoms with van der Waals surface area (Å²) in [6.07, 6.45) is 1.21. The van der Waals surface area contributed by atoms with Gasteiger partial charge in [0.1, 0.15) is 5.69 Å². The average Bonchev–Trinajstić information content (AvgIpc) is 2.75. The Balaban J connectivity index is 2.84. The second-order valence-corrected chi connectivity index (χ2v) is 4.10. The fraction of sp³-hybridized carbons (Fsp3) is 0.444. The van der Waals surface area contributed by atoms with E-state index in [0.29, 0.717) is 5.33 Å². The number of amides is 1. The van der Waals surface area contributed by atoms with Gasteiger partial charge >= 0.3 is 0 Å². The van der Waals surface area contributed by atoms with Gasteiger partial charge in [-0.15, -0.1) is 0 Å². The molecule has 1 amide bonds. The first-order valence-electron chi connectivity index (χ1n) is 4.63. The van der Waals surface area contributed by atoms with Gasteiger partial charge in [-0.25, -0.2) is 0 Å². The van der Waals surface area contributed by atoms with E-state index in [1.54, 1.807) is 7.05 Å². The number of halogens is 1. The Labute approximate surface area is 101 Å². The Kier molecular flexibility index (Phi) is 4.05. The topological polar surface area (TPSA) is 79.2 Å². The van der Waals surface area contributed by atoms with E-state index in [4.69, 9.17) is 0 Å². The molecule has 1 N–H and O–H groups in total. The minimum absolute atomic E-state index is 0.0230. The first-order chi connectivity index (χ1) is 7.47. The van der Waals surface area contributed by atoms with Gasteiger partial charge in [-0.1, -0.05) is 15.9 Å². The number of carbonyl (C=O) groups is 1. The lowest BCUT2D eigenvalue weighted by molar-refractivity contribution is -0.384. The van der Waals surface area contributed by atoms with Gasteiger partial charge in [0.2, 0.25) is 0 Å². The summed E-state index contributed by atoms with van der Waals surface area (Å²) in [6, 6.07) is 1.26. The van der Waals surface area contributed by atoms with E-state index in [1.165, 1.54) is 17.2 Å². The van der Waals surface area contributed by atoms with Crippen molar-refractivity contribution in [1.82, 2.24) is 9.88 Å². The molecule has 0 saturated carbocycles. The van der Waals surface area contributed by atoms with Crippen LogP contribution in [0.25, 0.3) is 0 Å². The summed E-state index contributed by atoms with van der Waals surface area (Å²) in [6.45, 7) is 1.88. The molecule has 0 radical (unpaired) electrons. The summed E-state index contributed by atoms with van der Waals surface area (Å²) in [4.78, 5) is 25.9. The Bertz CT molecular complexity index is 404. The number of hydrogen-bond acceptors (Lipinski definition) is 3. The predicted molar refractivity (Wildman–Crippen MR) is 62.8 cm³/mol. The zero-order chi connectivity index (χ0) is 12.3. The van der Waals surface area contributed by atoms with Gasteiger partial charge < -0.3 is 9.88 Å². The van der Waals surface area contributed by atoms with Crippen molar-refractivity contribution in [2.24, 2.45) is 0 Å². The molecule has 6 nitrogen and oxygen atoms in total. The molecule has 1 atom stereocenters. The quantitative estimate of drug-likeness (QED) is 0.521. The van der Waals surface area contributed by atoms with Crippen LogP contribution in [0.5, 0.6) is 0 Å². The van der Waals surface area contributed by atoms with Crippen LogP contribution in [0.2, 0.25) is 0 Å². The van der Waals surface area contributed by atoms with Gasteiger partial charge in [-0.05, 0) is 6.92 Å². The van der Waals surface area contributed by atoms with Crippen molar-refractivity contribution in [3.8, 4) is 0 Å². The van der Waals surface area contributed by atoms with Crippen LogP contribution in [0.4, 0.5) is 5.69 Å². The summed E-state index contributed by atoms with van der Waals surface area (Å²) in [7, 11) is 1.65. The molecule has 88 valence electrons. The lowest BCUT2D eigenvalue weighted by atomic mass is 10.3. The van der Waals surface area contributed by atoms with Crippen LogP contribution in [0.1, 0.15) is 17.4 Å². The lowest BCUT2D eigenvalue weighted by Gasteiger charge is -2.22. The molecular weight excluding hydrogens is 278 g/mol. The number of alkyl halides is 1. The van der Waals surface area contributed by atoms with Crippen LogP contribution in [-0.2, 0) is 0 Å². The number of H-pyrrole nitrogens is 1. The fourth-order valence-electron chi connectivity index (χ4n) is 1.11. The standard InChI is InChI=1S/C9H12BrN3O3/c1-6(4-10)12(2)9(14)8-3-7(5-11-8)13(15)16/h3,5-6,11H,4H2,1-2H3. The Hall–Kier alpha value is -1.37. The molecule has 1 aromatic rings. The maximum Gasteiger partial charge on any atom is 0.287 e. The van der Waals surface area contributed by atoms with Crippen molar-refractivity contribution in [1.29, 1.82) is 0 Å². The first kappa shape index (κ1) is 12.7. The van der Waals surface area contributed by atoms with Gasteiger partial charge in [0, 0.05) is 24.5 Å². The third-order valence-electron chi connectivity index (χ3n) is 2.31. The highest BCUT2D eigenvalue weighted by molar-refractivity contribution is 9.09. The number of nitrogens with one attached hydrogen (secondary N) is 1. The molecular formula is C9H12BrN3O3. The second-order valence-electron chi connectivity index (χ2n) is 3.45. The highest BCUT2D eigenvalue weighted by Gasteiger charge is 2.20. The number of rotatable bonds is 4. The number of hydrogen-bond donors (Lipinski definition) is 1. The number of nitrogens with zero attached hydrogens (tertiary/aromatic N) is 2. The molecule has 0 spiro atoms. The van der Waals surface area contributed by atoms with Gasteiger partial charge in [-0.2, -0.15) is 0 Å². The molecule has 0 bridgehead atoms. The molecule has 0 aliphatic heterocycles. The van der Waals surface area contributed by atoms with Crippen LogP contribution in [0.3, 0.4) is 0 Å². The summed E-state index contributed by atoms with van der Waals surface area (Å²) < 4.78 is 0. The summed E-state index contributed by atoms with van der Waals surface area (Å²) in [5.74, 6) is -0.264. The van der Waals surface area contributed by atoms with Crippen LogP contribution in [0, 0.1) is 10.1 Å². The minimum atomic E-state index is -0.540. The van der Waals surface area contributed by atoms with Crippen molar-refractivity contribution in [2.45, 2.75) is 13.0 Å². The van der Waals surface area contributed by atoms with E-state index < -0.39 is 4.92 Å². The molecule has 1 rings (SSSR count). The van der Waals surface area contributed by atoms with Crippen molar-refractivity contribution in [3.63, 3.8) is 0 Å². The molecule has 0 aromatic carbocycles. The average molecular weight is 290 g/mol. The number of aromatic amines is 1. The Morgan fingerprint density at radius 2 is 2.38 bits per heavy atom. The first-order valence-corrected chi connectivity index (χ1v) is 5.75. The SMILES string of the molecule is CC(CBr)N(C)C(=O)c1cc([N+](=O)[O-])c[nH]1. The third kappa shape index (κ3) is 2.60. The van der Waals surface area contributed by atoms with E-state index in [0.717, 1.165) is 0 Å². The maximum atomic E-state index is 11.8. The van der Waals surface area contributed by atoms with Crippen molar-refractivity contribution in [3.05, 3.63) is 28.1 Å². The smallest absolute Gasteiger partial charge is 0.287 e. The molecule has 7 heteroatoms. The fourth-order valence-corrected chi connectivity index (χ4v) is 1.54. The van der Waals surface area contributed by atoms with E-state index >= 15 is 0 Å². The molecule has 16 heavy (non-hydrogen) atoms. The number of nitro groups is 1. The Morgan fingerprint density at radius 1 is 1.75 bits per heavy atom. The highest BCUT2D eigenvalue weighted by atomic mass is 79.9. The highest BCUT2D eigenvalue weighted by Crippen LogP contribution is 2.14. The summed E-state index contributed by atoms with van der Waals surface area (Å²) in [5.41, 5.74) is 0.116. The molecule has 0 saturated heterocycles. The van der Waals surface area contributed by atoms with Gasteiger partial charge in [0.15, 0.2) is 0 Å². The molecule has 1 aromatic heterocycles. The number of aromatic nitrogens is 1. The van der Waals surface area contributed by atoms with Crippen molar-refractivity contribution < 1.29 is 9.72 Å².